The van der Waals surface area contributed by atoms with E-state index in [0.29, 0.717) is 13.2 Å². The quantitative estimate of drug-likeness (QED) is 0.821. The fourth-order valence-corrected chi connectivity index (χ4v) is 2.36. The van der Waals surface area contributed by atoms with Crippen molar-refractivity contribution in [1.82, 2.24) is 5.32 Å². The zero-order valence-electron chi connectivity index (χ0n) is 14.0. The topological polar surface area (TPSA) is 41.6 Å². The van der Waals surface area contributed by atoms with E-state index in [4.69, 9.17) is 4.74 Å². The van der Waals surface area contributed by atoms with Gasteiger partial charge >= 0.3 is 6.03 Å². The second-order valence-corrected chi connectivity index (χ2v) is 5.55. The summed E-state index contributed by atoms with van der Waals surface area (Å²) in [6.07, 6.45) is 0.766. The molecule has 0 unspecified atom stereocenters. The molecule has 0 bridgehead atoms. The fraction of sp³-hybridized carbons (Fsp3) is 0.316. The van der Waals surface area contributed by atoms with Crippen LogP contribution in [0.2, 0.25) is 0 Å². The molecular weight excluding hydrogens is 288 g/mol. The monoisotopic (exact) mass is 312 g/mol. The zero-order valence-corrected chi connectivity index (χ0v) is 14.0. The van der Waals surface area contributed by atoms with Crippen LogP contribution in [0, 0.1) is 13.8 Å². The number of ether oxygens (including phenoxy) is 1. The Labute approximate surface area is 138 Å². The van der Waals surface area contributed by atoms with Crippen molar-refractivity contribution in [2.75, 3.05) is 25.1 Å². The molecule has 4 nitrogen and oxygen atoms in total. The molecule has 0 aliphatic carbocycles. The summed E-state index contributed by atoms with van der Waals surface area (Å²) in [5, 5.41) is 2.90. The average Bonchev–Trinajstić information content (AvgIpc) is 2.56. The minimum atomic E-state index is -0.108. The number of urea groups is 1. The van der Waals surface area contributed by atoms with Crippen LogP contribution >= 0.6 is 0 Å². The van der Waals surface area contributed by atoms with E-state index in [1.165, 1.54) is 0 Å². The molecule has 2 aromatic carbocycles. The van der Waals surface area contributed by atoms with E-state index in [2.05, 4.69) is 5.32 Å². The number of nitrogens with one attached hydrogen (secondary N) is 1. The van der Waals surface area contributed by atoms with Crippen molar-refractivity contribution < 1.29 is 9.53 Å². The maximum atomic E-state index is 12.1. The van der Waals surface area contributed by atoms with Gasteiger partial charge in [0.25, 0.3) is 0 Å². The molecule has 4 heteroatoms. The normalized spacial score (nSPS) is 10.2. The van der Waals surface area contributed by atoms with E-state index in [-0.39, 0.29) is 6.03 Å². The molecule has 0 heterocycles. The molecule has 0 aliphatic rings. The first-order valence-corrected chi connectivity index (χ1v) is 7.85. The third-order valence-electron chi connectivity index (χ3n) is 3.70. The molecule has 0 atom stereocenters. The molecular formula is C19H24N2O2. The highest BCUT2D eigenvalue weighted by Gasteiger charge is 2.09. The summed E-state index contributed by atoms with van der Waals surface area (Å²) in [5.41, 5.74) is 3.15. The van der Waals surface area contributed by atoms with Gasteiger partial charge in [0, 0.05) is 19.3 Å². The van der Waals surface area contributed by atoms with E-state index in [9.17, 15) is 4.79 Å². The van der Waals surface area contributed by atoms with Crippen molar-refractivity contribution in [3.63, 3.8) is 0 Å². The van der Waals surface area contributed by atoms with E-state index >= 15 is 0 Å². The number of anilines is 1. The number of hydrogen-bond donors (Lipinski definition) is 1. The van der Waals surface area contributed by atoms with Crippen LogP contribution in [0.25, 0.3) is 0 Å². The number of carbonyl (C=O) groups excluding carboxylic acids is 1. The SMILES string of the molecule is Cc1cccc(C)c1OCCCNC(=O)N(C)c1ccccc1. The Bertz CT molecular complexity index is 621. The predicted molar refractivity (Wildman–Crippen MR) is 94.3 cm³/mol. The van der Waals surface area contributed by atoms with Crippen molar-refractivity contribution in [2.24, 2.45) is 0 Å². The Morgan fingerprint density at radius 3 is 2.35 bits per heavy atom. The predicted octanol–water partition coefficient (Wildman–Crippen LogP) is 3.92. The van der Waals surface area contributed by atoms with Crippen LogP contribution in [0.15, 0.2) is 48.5 Å². The minimum Gasteiger partial charge on any atom is -0.493 e. The van der Waals surface area contributed by atoms with Crippen molar-refractivity contribution in [2.45, 2.75) is 20.3 Å². The Morgan fingerprint density at radius 2 is 1.70 bits per heavy atom. The van der Waals surface area contributed by atoms with Gasteiger partial charge in [0.15, 0.2) is 0 Å². The number of amides is 2. The lowest BCUT2D eigenvalue weighted by molar-refractivity contribution is 0.245. The van der Waals surface area contributed by atoms with Crippen LogP contribution in [0.4, 0.5) is 10.5 Å². The lowest BCUT2D eigenvalue weighted by Crippen LogP contribution is -2.38. The Hall–Kier alpha value is -2.49. The van der Waals surface area contributed by atoms with E-state index < -0.39 is 0 Å². The van der Waals surface area contributed by atoms with Gasteiger partial charge in [-0.25, -0.2) is 4.79 Å². The fourth-order valence-electron chi connectivity index (χ4n) is 2.36. The van der Waals surface area contributed by atoms with Gasteiger partial charge in [-0.1, -0.05) is 36.4 Å². The summed E-state index contributed by atoms with van der Waals surface area (Å²) < 4.78 is 5.83. The highest BCUT2D eigenvalue weighted by molar-refractivity contribution is 5.91. The second kappa shape index (κ2) is 8.22. The first-order valence-electron chi connectivity index (χ1n) is 7.85. The number of hydrogen-bond acceptors (Lipinski definition) is 2. The van der Waals surface area contributed by atoms with Crippen LogP contribution < -0.4 is 15.0 Å². The van der Waals surface area contributed by atoms with Crippen molar-refractivity contribution in [3.05, 3.63) is 59.7 Å². The molecule has 23 heavy (non-hydrogen) atoms. The van der Waals surface area contributed by atoms with Gasteiger partial charge in [0.2, 0.25) is 0 Å². The van der Waals surface area contributed by atoms with Crippen LogP contribution in [-0.4, -0.2) is 26.2 Å². The Balaban J connectivity index is 1.72. The third kappa shape index (κ3) is 4.74. The van der Waals surface area contributed by atoms with Gasteiger partial charge in [0.05, 0.1) is 6.61 Å². The van der Waals surface area contributed by atoms with Crippen LogP contribution in [-0.2, 0) is 0 Å². The summed E-state index contributed by atoms with van der Waals surface area (Å²) in [7, 11) is 1.76. The lowest BCUT2D eigenvalue weighted by atomic mass is 10.1. The smallest absolute Gasteiger partial charge is 0.321 e. The summed E-state index contributed by atoms with van der Waals surface area (Å²) in [4.78, 5) is 13.7. The molecule has 0 radical (unpaired) electrons. The average molecular weight is 312 g/mol. The molecule has 1 N–H and O–H groups in total. The highest BCUT2D eigenvalue weighted by Crippen LogP contribution is 2.22. The molecule has 2 amide bonds. The van der Waals surface area contributed by atoms with Crippen molar-refractivity contribution >= 4 is 11.7 Å². The van der Waals surface area contributed by atoms with E-state index in [1.807, 2.05) is 62.4 Å². The number of nitrogens with zero attached hydrogens (tertiary/aromatic N) is 1. The molecule has 0 saturated carbocycles. The maximum Gasteiger partial charge on any atom is 0.321 e. The number of rotatable bonds is 6. The van der Waals surface area contributed by atoms with Gasteiger partial charge < -0.3 is 10.1 Å². The zero-order chi connectivity index (χ0) is 16.7. The van der Waals surface area contributed by atoms with E-state index in [0.717, 1.165) is 29.0 Å². The lowest BCUT2D eigenvalue weighted by Gasteiger charge is -2.18. The molecule has 0 aromatic heterocycles. The number of benzene rings is 2. The first kappa shape index (κ1) is 16.9. The van der Waals surface area contributed by atoms with Crippen LogP contribution in [0.5, 0.6) is 5.75 Å². The first-order chi connectivity index (χ1) is 11.1. The maximum absolute atomic E-state index is 12.1. The summed E-state index contributed by atoms with van der Waals surface area (Å²) in [6.45, 7) is 5.25. The summed E-state index contributed by atoms with van der Waals surface area (Å²) in [6, 6.07) is 15.6. The molecule has 122 valence electrons. The van der Waals surface area contributed by atoms with Crippen LogP contribution in [0.1, 0.15) is 17.5 Å². The van der Waals surface area contributed by atoms with Crippen molar-refractivity contribution in [1.29, 1.82) is 0 Å². The largest absolute Gasteiger partial charge is 0.493 e. The summed E-state index contributed by atoms with van der Waals surface area (Å²) >= 11 is 0. The van der Waals surface area contributed by atoms with Gasteiger partial charge in [-0.05, 0) is 43.5 Å². The van der Waals surface area contributed by atoms with Crippen molar-refractivity contribution in [3.8, 4) is 5.75 Å². The molecule has 2 rings (SSSR count). The molecule has 0 saturated heterocycles. The van der Waals surface area contributed by atoms with Crippen LogP contribution in [0.3, 0.4) is 0 Å². The molecule has 0 fully saturated rings. The molecule has 2 aromatic rings. The number of aryl methyl sites for hydroxylation is 2. The van der Waals surface area contributed by atoms with E-state index in [1.54, 1.807) is 11.9 Å². The minimum absolute atomic E-state index is 0.108. The Kier molecular flexibility index (Phi) is 6.03. The number of carbonyl (C=O) groups is 1. The van der Waals surface area contributed by atoms with Gasteiger partial charge in [-0.15, -0.1) is 0 Å². The standard InChI is InChI=1S/C19H24N2O2/c1-15-9-7-10-16(2)18(15)23-14-8-13-20-19(22)21(3)17-11-5-4-6-12-17/h4-7,9-12H,8,13-14H2,1-3H3,(H,20,22). The highest BCUT2D eigenvalue weighted by atomic mass is 16.5. The second-order valence-electron chi connectivity index (χ2n) is 5.55. The molecule has 0 aliphatic heterocycles. The van der Waals surface area contributed by atoms with Gasteiger partial charge in [0.1, 0.15) is 5.75 Å². The Morgan fingerprint density at radius 1 is 1.04 bits per heavy atom. The third-order valence-corrected chi connectivity index (χ3v) is 3.70. The molecule has 0 spiro atoms. The number of para-hydroxylation sites is 2. The summed E-state index contributed by atoms with van der Waals surface area (Å²) in [5.74, 6) is 0.945. The van der Waals surface area contributed by atoms with Gasteiger partial charge in [-0.3, -0.25) is 4.90 Å². The van der Waals surface area contributed by atoms with Gasteiger partial charge in [-0.2, -0.15) is 0 Å².